The van der Waals surface area contributed by atoms with Crippen molar-refractivity contribution in [3.05, 3.63) is 62.5 Å². The van der Waals surface area contributed by atoms with Crippen molar-refractivity contribution in [2.45, 2.75) is 0 Å². The molecule has 1 saturated heterocycles. The number of hydrogen-bond acceptors (Lipinski definition) is 9. The summed E-state index contributed by atoms with van der Waals surface area (Å²) in [5.74, 6) is -1.29. The number of nitro groups is 1. The summed E-state index contributed by atoms with van der Waals surface area (Å²) in [5.41, 5.74) is 0.179. The first kappa shape index (κ1) is 21.8. The highest BCUT2D eigenvalue weighted by molar-refractivity contribution is 8.18. The molecule has 0 bridgehead atoms. The maximum atomic E-state index is 12.7. The van der Waals surface area contributed by atoms with Gasteiger partial charge in [0.05, 0.1) is 47.3 Å². The third-order valence-corrected chi connectivity index (χ3v) is 5.39. The van der Waals surface area contributed by atoms with Gasteiger partial charge in [-0.3, -0.25) is 19.8 Å². The summed E-state index contributed by atoms with van der Waals surface area (Å²) in [5, 5.41) is 22.8. The van der Waals surface area contributed by atoms with Gasteiger partial charge < -0.3 is 19.4 Å². The van der Waals surface area contributed by atoms with Crippen LogP contribution in [0.25, 0.3) is 6.08 Å². The molecular weight excluding hydrogens is 426 g/mol. The maximum Gasteiger partial charge on any atom is 0.280 e. The molecule has 10 nitrogen and oxygen atoms in total. The van der Waals surface area contributed by atoms with E-state index in [4.69, 9.17) is 9.47 Å². The van der Waals surface area contributed by atoms with Crippen LogP contribution in [0.5, 0.6) is 11.5 Å². The van der Waals surface area contributed by atoms with Crippen LogP contribution in [-0.4, -0.2) is 48.1 Å². The van der Waals surface area contributed by atoms with Crippen molar-refractivity contribution < 1.29 is 29.1 Å². The number of carbonyl (C=O) groups excluding carboxylic acids is 2. The molecule has 0 N–H and O–H groups in total. The Morgan fingerprint density at radius 1 is 1.19 bits per heavy atom. The summed E-state index contributed by atoms with van der Waals surface area (Å²) in [6.07, 6.45) is 1.38. The Hall–Kier alpha value is -3.86. The van der Waals surface area contributed by atoms with E-state index < -0.39 is 16.8 Å². The lowest BCUT2D eigenvalue weighted by atomic mass is 10.1. The van der Waals surface area contributed by atoms with Crippen molar-refractivity contribution in [3.8, 4) is 11.5 Å². The van der Waals surface area contributed by atoms with Gasteiger partial charge in [-0.25, -0.2) is 4.99 Å². The SMILES string of the molecule is COc1cc(/C=C2\SC(=Nc3cccc(C(=O)[O-])c3)N(C)C2=O)c([N+](=O)[O-])cc1OC. The van der Waals surface area contributed by atoms with E-state index in [1.54, 1.807) is 6.07 Å². The Kier molecular flexibility index (Phi) is 6.25. The molecule has 2 aromatic rings. The van der Waals surface area contributed by atoms with Crippen LogP contribution < -0.4 is 14.6 Å². The minimum atomic E-state index is -1.34. The molecule has 0 atom stereocenters. The molecule has 0 radical (unpaired) electrons. The molecule has 0 saturated carbocycles. The van der Waals surface area contributed by atoms with Crippen LogP contribution in [0.15, 0.2) is 46.3 Å². The van der Waals surface area contributed by atoms with Crippen LogP contribution in [0.4, 0.5) is 11.4 Å². The molecule has 3 rings (SSSR count). The molecule has 1 aliphatic heterocycles. The van der Waals surface area contributed by atoms with Crippen molar-refractivity contribution in [2.75, 3.05) is 21.3 Å². The molecule has 2 aromatic carbocycles. The Bertz CT molecular complexity index is 1140. The molecule has 11 heteroatoms. The van der Waals surface area contributed by atoms with E-state index in [0.717, 1.165) is 11.8 Å². The molecule has 0 spiro atoms. The van der Waals surface area contributed by atoms with E-state index in [-0.39, 0.29) is 38.4 Å². The van der Waals surface area contributed by atoms with Crippen LogP contribution in [0.3, 0.4) is 0 Å². The number of ether oxygens (including phenoxy) is 2. The van der Waals surface area contributed by atoms with E-state index in [9.17, 15) is 24.8 Å². The minimum Gasteiger partial charge on any atom is -0.545 e. The van der Waals surface area contributed by atoms with E-state index >= 15 is 0 Å². The van der Waals surface area contributed by atoms with Gasteiger partial charge in [0, 0.05) is 7.05 Å². The second-order valence-corrected chi connectivity index (χ2v) is 7.24. The molecule has 0 unspecified atom stereocenters. The van der Waals surface area contributed by atoms with Crippen LogP contribution in [0, 0.1) is 10.1 Å². The zero-order valence-electron chi connectivity index (χ0n) is 16.6. The number of thioether (sulfide) groups is 1. The van der Waals surface area contributed by atoms with Crippen molar-refractivity contribution in [1.29, 1.82) is 0 Å². The number of nitro benzene ring substituents is 1. The summed E-state index contributed by atoms with van der Waals surface area (Å²) >= 11 is 1.00. The minimum absolute atomic E-state index is 0.0458. The summed E-state index contributed by atoms with van der Waals surface area (Å²) in [6, 6.07) is 8.42. The van der Waals surface area contributed by atoms with Crippen molar-refractivity contribution in [2.24, 2.45) is 4.99 Å². The first-order chi connectivity index (χ1) is 14.7. The van der Waals surface area contributed by atoms with E-state index in [2.05, 4.69) is 4.99 Å². The average molecular weight is 442 g/mol. The number of amidine groups is 1. The fourth-order valence-corrected chi connectivity index (χ4v) is 3.74. The predicted molar refractivity (Wildman–Crippen MR) is 112 cm³/mol. The molecule has 1 amide bonds. The number of carboxylic acid groups (broad SMARTS) is 1. The number of hydrogen-bond donors (Lipinski definition) is 0. The second-order valence-electron chi connectivity index (χ2n) is 6.23. The second kappa shape index (κ2) is 8.88. The number of carboxylic acids is 1. The van der Waals surface area contributed by atoms with Crippen molar-refractivity contribution >= 4 is 46.3 Å². The van der Waals surface area contributed by atoms with Crippen LogP contribution in [0.2, 0.25) is 0 Å². The Balaban J connectivity index is 2.01. The number of aliphatic imine (C=N–C) groups is 1. The first-order valence-electron chi connectivity index (χ1n) is 8.73. The molecule has 0 aliphatic carbocycles. The highest BCUT2D eigenvalue weighted by Gasteiger charge is 2.31. The molecule has 1 fully saturated rings. The number of carbonyl (C=O) groups is 2. The molecule has 31 heavy (non-hydrogen) atoms. The van der Waals surface area contributed by atoms with Gasteiger partial charge in [0.1, 0.15) is 0 Å². The Morgan fingerprint density at radius 2 is 1.87 bits per heavy atom. The number of likely N-dealkylation sites (N-methyl/N-ethyl adjacent to an activating group) is 1. The lowest BCUT2D eigenvalue weighted by molar-refractivity contribution is -0.385. The highest BCUT2D eigenvalue weighted by Crippen LogP contribution is 2.39. The number of amides is 1. The van der Waals surface area contributed by atoms with Gasteiger partial charge >= 0.3 is 0 Å². The average Bonchev–Trinajstić information content (AvgIpc) is 3.01. The normalized spacial score (nSPS) is 16.1. The third-order valence-electron chi connectivity index (χ3n) is 4.33. The first-order valence-corrected chi connectivity index (χ1v) is 9.55. The monoisotopic (exact) mass is 442 g/mol. The van der Waals surface area contributed by atoms with E-state index in [1.807, 2.05) is 0 Å². The van der Waals surface area contributed by atoms with Crippen LogP contribution >= 0.6 is 11.8 Å². The summed E-state index contributed by atoms with van der Waals surface area (Å²) < 4.78 is 10.3. The zero-order valence-corrected chi connectivity index (χ0v) is 17.5. The van der Waals surface area contributed by atoms with Gasteiger partial charge in [-0.05, 0) is 41.6 Å². The van der Waals surface area contributed by atoms with Gasteiger partial charge in [-0.2, -0.15) is 0 Å². The number of nitrogens with zero attached hydrogens (tertiary/aromatic N) is 3. The number of methoxy groups -OCH3 is 2. The number of aromatic carboxylic acids is 1. The third kappa shape index (κ3) is 4.51. The fourth-order valence-electron chi connectivity index (χ4n) is 2.76. The van der Waals surface area contributed by atoms with E-state index in [0.29, 0.717) is 5.69 Å². The zero-order chi connectivity index (χ0) is 22.7. The summed E-state index contributed by atoms with van der Waals surface area (Å²) in [6.45, 7) is 0. The lowest BCUT2D eigenvalue weighted by Crippen LogP contribution is -2.23. The summed E-state index contributed by atoms with van der Waals surface area (Å²) in [7, 11) is 4.26. The Labute approximate surface area is 180 Å². The van der Waals surface area contributed by atoms with E-state index in [1.165, 1.54) is 62.6 Å². The predicted octanol–water partition coefficient (Wildman–Crippen LogP) is 2.21. The van der Waals surface area contributed by atoms with Crippen molar-refractivity contribution in [1.82, 2.24) is 4.90 Å². The largest absolute Gasteiger partial charge is 0.545 e. The maximum absolute atomic E-state index is 12.7. The molecule has 1 heterocycles. The number of benzene rings is 2. The van der Waals surface area contributed by atoms with Gasteiger partial charge in [-0.15, -0.1) is 0 Å². The lowest BCUT2D eigenvalue weighted by Gasteiger charge is -2.09. The smallest absolute Gasteiger partial charge is 0.280 e. The molecule has 1 aliphatic rings. The van der Waals surface area contributed by atoms with Gasteiger partial charge in [0.25, 0.3) is 11.6 Å². The fraction of sp³-hybridized carbons (Fsp3) is 0.150. The standard InChI is InChI=1S/C20H17N3O7S/c1-22-18(24)17(31-20(22)21-13-6-4-5-11(7-13)19(25)26)9-12-8-15(29-2)16(30-3)10-14(12)23(27)28/h4-10H,1-3H3,(H,25,26)/p-1/b17-9-,21-20?. The molecule has 160 valence electrons. The summed E-state index contributed by atoms with van der Waals surface area (Å²) in [4.78, 5) is 40.4. The number of rotatable bonds is 6. The van der Waals surface area contributed by atoms with Crippen LogP contribution in [0.1, 0.15) is 15.9 Å². The Morgan fingerprint density at radius 3 is 2.48 bits per heavy atom. The van der Waals surface area contributed by atoms with Crippen LogP contribution in [-0.2, 0) is 4.79 Å². The van der Waals surface area contributed by atoms with Gasteiger partial charge in [-0.1, -0.05) is 12.1 Å². The quantitative estimate of drug-likeness (QED) is 0.378. The van der Waals surface area contributed by atoms with Gasteiger partial charge in [0.15, 0.2) is 16.7 Å². The topological polar surface area (TPSA) is 134 Å². The molecular formula is C20H16N3O7S-. The van der Waals surface area contributed by atoms with Crippen molar-refractivity contribution in [3.63, 3.8) is 0 Å². The van der Waals surface area contributed by atoms with Gasteiger partial charge in [0.2, 0.25) is 0 Å². The molecule has 0 aromatic heterocycles. The highest BCUT2D eigenvalue weighted by atomic mass is 32.2.